The predicted molar refractivity (Wildman–Crippen MR) is 494 cm³/mol. The first kappa shape index (κ1) is 110. The zero-order valence-electron chi connectivity index (χ0n) is 77.2. The summed E-state index contributed by atoms with van der Waals surface area (Å²) in [4.78, 5) is 262. The Kier molecular flexibility index (Phi) is 46.0. The molecule has 3 saturated heterocycles. The van der Waals surface area contributed by atoms with Crippen molar-refractivity contribution < 1.29 is 122 Å². The van der Waals surface area contributed by atoms with E-state index >= 15 is 28.8 Å². The fourth-order valence-corrected chi connectivity index (χ4v) is 16.0. The first-order valence-corrected chi connectivity index (χ1v) is 46.2. The quantitative estimate of drug-likeness (QED) is 0.00568. The molecule has 5 aromatic rings. The summed E-state index contributed by atoms with van der Waals surface area (Å²) in [6.07, 6.45) is 3.17. The number of guanidine groups is 1. The number of aliphatic hydroxyl groups is 3. The third-order valence-electron chi connectivity index (χ3n) is 23.0. The Balaban J connectivity index is 1.04. The molecule has 0 bridgehead atoms. The maximum atomic E-state index is 15.7. The second-order valence-corrected chi connectivity index (χ2v) is 33.8. The first-order chi connectivity index (χ1) is 66.6. The van der Waals surface area contributed by atoms with Crippen LogP contribution in [0.1, 0.15) is 151 Å². The summed E-state index contributed by atoms with van der Waals surface area (Å²) in [6.45, 7) is -0.105. The molecule has 50 heteroatoms. The second-order valence-electron chi connectivity index (χ2n) is 33.8. The largest absolute Gasteiger partial charge is 0.481 e. The molecular formula is C89H129N25O25. The van der Waals surface area contributed by atoms with Crippen LogP contribution in [0.25, 0.3) is 17.0 Å². The van der Waals surface area contributed by atoms with E-state index in [1.807, 2.05) is 0 Å². The van der Waals surface area contributed by atoms with Gasteiger partial charge in [-0.3, -0.25) is 102 Å². The zero-order chi connectivity index (χ0) is 101. The van der Waals surface area contributed by atoms with Crippen LogP contribution >= 0.6 is 0 Å². The van der Waals surface area contributed by atoms with E-state index in [2.05, 4.69) is 99.4 Å². The SMILES string of the molecule is CC(O)N[C@H]1CCCCNC(=O)CC[C@@H](C(=O)N2CCC[C@H]2C(=O)N2CCC[C@H]2C(=O)N[C@@H](Cc2c[nH]cn2)C(=O)N[C@@H](CCC(=O)O)C(=O)N[C@@H](CCCCN(CC(=O)O)CC(=O)O)C(=O)N[C@@H](CCCCNC(=O)COCCOCCNC(O)O)C(N)=O)NC(=O)/C(=C\c2c[nH]c3ccccc23)NC(=O)[C@H](CCCNC(=N)N)NC(=O)[C@@H](Cc2ccccc2)NC(=O)[C@H](Cc2c[nH]cn2)NC1=O. The smallest absolute Gasteiger partial charge is 0.317 e. The fourth-order valence-electron chi connectivity index (χ4n) is 16.0. The molecule has 50 nitrogen and oxygen atoms in total. The number of aromatic amines is 3. The van der Waals surface area contributed by atoms with Gasteiger partial charge in [0.2, 0.25) is 83.2 Å². The van der Waals surface area contributed by atoms with Crippen LogP contribution in [0.4, 0.5) is 0 Å². The number of para-hydroxylation sites is 1. The van der Waals surface area contributed by atoms with Crippen molar-refractivity contribution in [1.82, 2.24) is 114 Å². The number of ether oxygens (including phenoxy) is 2. The number of fused-ring (bicyclic) bond motifs is 1. The lowest BCUT2D eigenvalue weighted by atomic mass is 10.0. The van der Waals surface area contributed by atoms with Crippen LogP contribution < -0.4 is 85.9 Å². The number of carboxylic acid groups (broad SMARTS) is 3. The number of likely N-dealkylation sites (tertiary alicyclic amines) is 2. The van der Waals surface area contributed by atoms with Gasteiger partial charge >= 0.3 is 17.9 Å². The molecule has 3 aliphatic heterocycles. The van der Waals surface area contributed by atoms with E-state index in [-0.39, 0.29) is 187 Å². The molecule has 0 aliphatic carbocycles. The standard InChI is InChI=1S/C89H129N25O25/c1-52(115)102-60-21-8-11-30-95-71(116)28-26-64(107-82(130)66(41-54-44-99-58-19-6-5-18-57(54)58)109-79(127)62(23-13-32-97-88(91)92)105-81(129)65(40-53-16-3-2-4-17-53)108-84(132)67(110-77(60)125)42-55-45-93-50-100-55)86(134)114-36-15-25-70(114)87(135)113-35-14-24-69(113)85(133)111-68(43-56-46-94-51-101-56)83(131)106-63(27-29-73(118)119)80(128)104-61(22-9-12-34-112(47-74(120)121)48-75(122)123)78(126)103-59(76(90)124)20-7-10-31-96-72(117)49-139-39-38-138-37-33-98-89(136)137/h2-6,16-19,41,44-46,50-52,59-65,67-70,89,98-99,102,115,136-137H,7-15,20-40,42-43,47-49H2,1H3,(H2,90,124)(H,93,100)(H,94,101)(H,95,116)(H,96,117)(H,103,126)(H,104,128)(H,105,129)(H,106,131)(H,107,130)(H,108,132)(H,109,127)(H,110,125)(H,111,133)(H,118,119)(H,120,121)(H,122,123)(H4,91,92,97)/b66-41+/t52?,59-,60-,61-,62-,63-,64-,65+,67-,68-,69-,70-/m0/s1. The maximum Gasteiger partial charge on any atom is 0.317 e. The van der Waals surface area contributed by atoms with Crippen LogP contribution in [0.3, 0.4) is 0 Å². The van der Waals surface area contributed by atoms with E-state index in [0.717, 1.165) is 4.90 Å². The Morgan fingerprint density at radius 3 is 1.87 bits per heavy atom. The minimum atomic E-state index is -1.82. The van der Waals surface area contributed by atoms with Crippen LogP contribution in [0.5, 0.6) is 0 Å². The van der Waals surface area contributed by atoms with Crippen LogP contribution in [-0.2, 0) is 110 Å². The molecule has 3 aromatic heterocycles. The zero-order valence-corrected chi connectivity index (χ0v) is 77.2. The number of hydrogen-bond donors (Lipinski definition) is 26. The Morgan fingerprint density at radius 2 is 1.21 bits per heavy atom. The molecule has 8 rings (SSSR count). The van der Waals surface area contributed by atoms with Crippen molar-refractivity contribution >= 4 is 124 Å². The van der Waals surface area contributed by atoms with Crippen molar-refractivity contribution in [3.8, 4) is 0 Å². The van der Waals surface area contributed by atoms with E-state index in [1.165, 1.54) is 47.8 Å². The van der Waals surface area contributed by atoms with Gasteiger partial charge in [0, 0.05) is 106 Å². The van der Waals surface area contributed by atoms with Gasteiger partial charge in [-0.1, -0.05) is 48.5 Å². The number of hydrogen-bond acceptors (Lipinski definition) is 28. The van der Waals surface area contributed by atoms with Gasteiger partial charge in [0.05, 0.1) is 63.0 Å². The number of rotatable bonds is 50. The van der Waals surface area contributed by atoms with Crippen molar-refractivity contribution in [3.05, 3.63) is 114 Å². The number of aliphatic hydroxyl groups excluding tert-OH is 2. The molecular weight excluding hydrogens is 1820 g/mol. The highest BCUT2D eigenvalue weighted by molar-refractivity contribution is 6.07. The summed E-state index contributed by atoms with van der Waals surface area (Å²) in [5, 5.41) is 103. The van der Waals surface area contributed by atoms with E-state index in [0.29, 0.717) is 27.7 Å². The lowest BCUT2D eigenvalue weighted by molar-refractivity contribution is -0.148. The summed E-state index contributed by atoms with van der Waals surface area (Å²) in [5.74, 6) is -17.0. The molecule has 6 heterocycles. The van der Waals surface area contributed by atoms with Gasteiger partial charge in [-0.05, 0) is 140 Å². The topological polar surface area (TPSA) is 757 Å². The van der Waals surface area contributed by atoms with Crippen LogP contribution in [0.15, 0.2) is 91.5 Å². The Hall–Kier alpha value is -13.9. The molecule has 3 fully saturated rings. The molecule has 3 aliphatic rings. The van der Waals surface area contributed by atoms with Gasteiger partial charge in [-0.2, -0.15) is 0 Å². The van der Waals surface area contributed by atoms with Crippen LogP contribution in [-0.4, -0.2) is 341 Å². The molecule has 28 N–H and O–H groups in total. The number of nitrogens with zero attached hydrogens (tertiary/aromatic N) is 5. The van der Waals surface area contributed by atoms with Crippen molar-refractivity contribution in [1.29, 1.82) is 5.41 Å². The minimum Gasteiger partial charge on any atom is -0.481 e. The lowest BCUT2D eigenvalue weighted by Gasteiger charge is -2.33. The minimum absolute atomic E-state index is 0.00154. The number of H-pyrrole nitrogens is 3. The van der Waals surface area contributed by atoms with Gasteiger partial charge in [-0.25, -0.2) is 9.97 Å². The highest BCUT2D eigenvalue weighted by Crippen LogP contribution is 2.28. The van der Waals surface area contributed by atoms with Gasteiger partial charge in [0.15, 0.2) is 5.96 Å². The molecule has 760 valence electrons. The molecule has 0 saturated carbocycles. The molecule has 2 aromatic carbocycles. The number of amides is 14. The number of benzene rings is 2. The maximum absolute atomic E-state index is 15.7. The average molecular weight is 1950 g/mol. The Labute approximate surface area is 799 Å². The van der Waals surface area contributed by atoms with E-state index in [4.69, 9.17) is 36.6 Å². The monoisotopic (exact) mass is 1950 g/mol. The Morgan fingerprint density at radius 1 is 0.597 bits per heavy atom. The van der Waals surface area contributed by atoms with Crippen molar-refractivity contribution in [3.63, 3.8) is 0 Å². The number of nitrogens with one attached hydrogen (secondary N) is 18. The number of nitrogens with two attached hydrogens (primary N) is 2. The number of carboxylic acids is 3. The number of aromatic nitrogens is 5. The second kappa shape index (κ2) is 58.0. The first-order valence-electron chi connectivity index (χ1n) is 46.2. The summed E-state index contributed by atoms with van der Waals surface area (Å²) < 4.78 is 10.6. The normalized spacial score (nSPS) is 19.8. The number of primary amides is 1. The number of imidazole rings is 2. The van der Waals surface area contributed by atoms with Gasteiger partial charge < -0.3 is 140 Å². The summed E-state index contributed by atoms with van der Waals surface area (Å²) in [7, 11) is 0. The number of aliphatic carboxylic acids is 3. The molecule has 1 unspecified atom stereocenters. The summed E-state index contributed by atoms with van der Waals surface area (Å²) in [6, 6.07) is -1.01. The number of unbranched alkanes of at least 4 members (excludes halogenated alkanes) is 2. The van der Waals surface area contributed by atoms with E-state index in [1.54, 1.807) is 60.8 Å². The fraction of sp³-hybridized carbons (Fsp3) is 0.551. The predicted octanol–water partition coefficient (Wildman–Crippen LogP) is -5.53. The van der Waals surface area contributed by atoms with E-state index in [9.17, 15) is 73.2 Å². The van der Waals surface area contributed by atoms with Gasteiger partial charge in [0.25, 0.3) is 5.91 Å². The molecule has 139 heavy (non-hydrogen) atoms. The lowest BCUT2D eigenvalue weighted by Crippen LogP contribution is -2.60. The third-order valence-corrected chi connectivity index (χ3v) is 23.0. The number of carbonyl (C=O) groups is 17. The highest BCUT2D eigenvalue weighted by Gasteiger charge is 2.46. The molecule has 0 radical (unpaired) electrons. The van der Waals surface area contributed by atoms with Gasteiger partial charge in [0.1, 0.15) is 79.0 Å². The van der Waals surface area contributed by atoms with Crippen molar-refractivity contribution in [2.24, 2.45) is 11.5 Å². The van der Waals surface area contributed by atoms with Crippen molar-refractivity contribution in [2.75, 3.05) is 85.3 Å². The molecule has 12 atom stereocenters. The Bertz CT molecular complexity index is 4950. The summed E-state index contributed by atoms with van der Waals surface area (Å²) in [5.41, 5.74) is 12.9. The average Bonchev–Trinajstić information content (AvgIpc) is 1.67. The summed E-state index contributed by atoms with van der Waals surface area (Å²) >= 11 is 0. The molecule has 14 amide bonds. The van der Waals surface area contributed by atoms with E-state index < -0.39 is 237 Å². The van der Waals surface area contributed by atoms with Crippen molar-refractivity contribution in [2.45, 2.75) is 227 Å². The number of carbonyl (C=O) groups excluding carboxylic acids is 14. The van der Waals surface area contributed by atoms with Crippen LogP contribution in [0, 0.1) is 5.41 Å². The van der Waals surface area contributed by atoms with Crippen LogP contribution in [0.2, 0.25) is 0 Å². The molecule has 0 spiro atoms. The highest BCUT2D eigenvalue weighted by atomic mass is 16.5. The van der Waals surface area contributed by atoms with Gasteiger partial charge in [-0.15, -0.1) is 0 Å². The third kappa shape index (κ3) is 38.5.